The Morgan fingerprint density at radius 3 is 2.02 bits per heavy atom. The highest BCUT2D eigenvalue weighted by Crippen LogP contribution is 2.41. The van der Waals surface area contributed by atoms with Gasteiger partial charge in [-0.2, -0.15) is 0 Å². The predicted molar refractivity (Wildman–Crippen MR) is 160 cm³/mol. The number of carbonyl (C=O) groups excluding carboxylic acids is 1. The van der Waals surface area contributed by atoms with E-state index in [0.717, 1.165) is 48.1 Å². The summed E-state index contributed by atoms with van der Waals surface area (Å²) in [5.74, 6) is -0.411. The molecule has 8 nitrogen and oxygen atoms in total. The molecule has 5 rings (SSSR count). The third kappa shape index (κ3) is 7.13. The molecule has 42 heavy (non-hydrogen) atoms. The van der Waals surface area contributed by atoms with Gasteiger partial charge in [-0.15, -0.1) is 0 Å². The van der Waals surface area contributed by atoms with Gasteiger partial charge in [0.1, 0.15) is 17.0 Å². The number of carbonyl (C=O) groups is 2. The lowest BCUT2D eigenvalue weighted by atomic mass is 9.82. The van der Waals surface area contributed by atoms with Crippen molar-refractivity contribution in [2.75, 3.05) is 13.1 Å². The Morgan fingerprint density at radius 1 is 0.881 bits per heavy atom. The quantitative estimate of drug-likeness (QED) is 0.360. The predicted octanol–water partition coefficient (Wildman–Crippen LogP) is 6.26. The van der Waals surface area contributed by atoms with Crippen molar-refractivity contribution in [2.45, 2.75) is 69.2 Å². The molecule has 0 atom stereocenters. The average molecular weight is 592 g/mol. The fraction of sp³-hybridized carbons (Fsp3) is 0.394. The second-order valence-corrected chi connectivity index (χ2v) is 14.4. The lowest BCUT2D eigenvalue weighted by Gasteiger charge is -2.44. The number of aryl methyl sites for hydroxylation is 1. The first-order valence-corrected chi connectivity index (χ1v) is 16.0. The van der Waals surface area contributed by atoms with Gasteiger partial charge in [0.25, 0.3) is 0 Å². The van der Waals surface area contributed by atoms with E-state index in [2.05, 4.69) is 6.07 Å². The Morgan fingerprint density at radius 2 is 1.45 bits per heavy atom. The minimum Gasteiger partial charge on any atom is -0.487 e. The molecule has 1 saturated heterocycles. The van der Waals surface area contributed by atoms with Gasteiger partial charge >= 0.3 is 12.1 Å². The summed E-state index contributed by atoms with van der Waals surface area (Å²) < 4.78 is 37.6. The van der Waals surface area contributed by atoms with E-state index in [1.807, 2.05) is 57.2 Å². The summed E-state index contributed by atoms with van der Waals surface area (Å²) in [6.07, 6.45) is 3.05. The number of hydrogen-bond donors (Lipinski definition) is 1. The number of piperidine rings is 1. The minimum absolute atomic E-state index is 0.0978. The van der Waals surface area contributed by atoms with Crippen LogP contribution >= 0.6 is 0 Å². The second-order valence-electron chi connectivity index (χ2n) is 12.3. The van der Waals surface area contributed by atoms with Crippen LogP contribution in [-0.4, -0.2) is 54.8 Å². The molecule has 2 aliphatic heterocycles. The molecule has 3 aromatic carbocycles. The van der Waals surface area contributed by atoms with E-state index < -0.39 is 21.4 Å². The first-order chi connectivity index (χ1) is 19.8. The van der Waals surface area contributed by atoms with E-state index in [1.54, 1.807) is 17.0 Å². The van der Waals surface area contributed by atoms with Gasteiger partial charge in [-0.05, 0) is 85.7 Å². The maximum absolute atomic E-state index is 12.8. The van der Waals surface area contributed by atoms with Crippen molar-refractivity contribution in [1.29, 1.82) is 0 Å². The van der Waals surface area contributed by atoms with Crippen molar-refractivity contribution in [1.82, 2.24) is 4.90 Å². The highest BCUT2D eigenvalue weighted by molar-refractivity contribution is 7.89. The zero-order valence-electron chi connectivity index (χ0n) is 24.3. The summed E-state index contributed by atoms with van der Waals surface area (Å²) in [7, 11) is -3.43. The summed E-state index contributed by atoms with van der Waals surface area (Å²) in [4.78, 5) is 25.3. The Labute approximate surface area is 247 Å². The number of likely N-dealkylation sites (tertiary alicyclic amines) is 1. The van der Waals surface area contributed by atoms with Crippen LogP contribution in [0.1, 0.15) is 67.1 Å². The second kappa shape index (κ2) is 11.4. The molecule has 9 heteroatoms. The topological polar surface area (TPSA) is 110 Å². The van der Waals surface area contributed by atoms with Crippen LogP contribution in [0.25, 0.3) is 11.1 Å². The van der Waals surface area contributed by atoms with E-state index in [9.17, 15) is 18.0 Å². The van der Waals surface area contributed by atoms with Gasteiger partial charge in [-0.25, -0.2) is 18.0 Å². The van der Waals surface area contributed by atoms with Gasteiger partial charge in [-0.1, -0.05) is 42.5 Å². The number of sulfone groups is 1. The summed E-state index contributed by atoms with van der Waals surface area (Å²) in [5.41, 5.74) is 3.79. The molecule has 222 valence electrons. The fourth-order valence-corrected chi connectivity index (χ4v) is 7.07. The van der Waals surface area contributed by atoms with E-state index in [0.29, 0.717) is 24.2 Å². The number of carboxylic acids is 1. The first-order valence-electron chi connectivity index (χ1n) is 14.2. The molecule has 1 N–H and O–H groups in total. The highest BCUT2D eigenvalue weighted by Gasteiger charge is 2.41. The van der Waals surface area contributed by atoms with Crippen LogP contribution in [-0.2, 0) is 32.5 Å². The van der Waals surface area contributed by atoms with Gasteiger partial charge in [-0.3, -0.25) is 0 Å². The molecular weight excluding hydrogens is 554 g/mol. The number of nitrogens with zero attached hydrogens (tertiary/aromatic N) is 1. The number of fused-ring (bicyclic) bond motifs is 1. The Balaban J connectivity index is 1.19. The third-order valence-electron chi connectivity index (χ3n) is 7.82. The molecule has 0 radical (unpaired) electrons. The maximum atomic E-state index is 12.8. The zero-order valence-corrected chi connectivity index (χ0v) is 25.1. The number of carboxylic acid groups (broad SMARTS) is 1. The number of hydrogen-bond acceptors (Lipinski definition) is 6. The van der Waals surface area contributed by atoms with Crippen molar-refractivity contribution in [3.05, 3.63) is 89.0 Å². The molecule has 1 fully saturated rings. The van der Waals surface area contributed by atoms with Crippen LogP contribution in [0.5, 0.6) is 5.75 Å². The van der Waals surface area contributed by atoms with Gasteiger partial charge in [0.2, 0.25) is 0 Å². The number of benzene rings is 3. The smallest absolute Gasteiger partial charge is 0.410 e. The molecule has 0 bridgehead atoms. The molecule has 0 unspecified atom stereocenters. The lowest BCUT2D eigenvalue weighted by molar-refractivity contribution is -0.0272. The van der Waals surface area contributed by atoms with Gasteiger partial charge in [0, 0.05) is 25.9 Å². The van der Waals surface area contributed by atoms with E-state index in [1.165, 1.54) is 12.1 Å². The van der Waals surface area contributed by atoms with Crippen LogP contribution in [0.4, 0.5) is 4.79 Å². The van der Waals surface area contributed by atoms with Crippen LogP contribution in [0.2, 0.25) is 0 Å². The van der Waals surface area contributed by atoms with Crippen molar-refractivity contribution >= 4 is 21.9 Å². The van der Waals surface area contributed by atoms with Crippen molar-refractivity contribution < 1.29 is 32.6 Å². The molecule has 1 spiro atoms. The number of rotatable bonds is 6. The lowest BCUT2D eigenvalue weighted by Crippen LogP contribution is -2.52. The maximum Gasteiger partial charge on any atom is 0.410 e. The van der Waals surface area contributed by atoms with Crippen LogP contribution in [0.15, 0.2) is 66.7 Å². The average Bonchev–Trinajstić information content (AvgIpc) is 2.92. The number of ether oxygens (including phenoxy) is 2. The number of aromatic carboxylic acids is 1. The largest absolute Gasteiger partial charge is 0.487 e. The van der Waals surface area contributed by atoms with E-state index in [-0.39, 0.29) is 28.8 Å². The Hall–Kier alpha value is -3.85. The molecule has 1 amide bonds. The van der Waals surface area contributed by atoms with Crippen molar-refractivity contribution in [2.24, 2.45) is 0 Å². The number of amides is 1. The van der Waals surface area contributed by atoms with E-state index >= 15 is 0 Å². The molecule has 2 aliphatic rings. The van der Waals surface area contributed by atoms with Crippen molar-refractivity contribution in [3.63, 3.8) is 0 Å². The molecular formula is C33H37NO7S. The van der Waals surface area contributed by atoms with Gasteiger partial charge < -0.3 is 19.5 Å². The summed E-state index contributed by atoms with van der Waals surface area (Å²) in [5, 5.41) is 9.03. The first kappa shape index (κ1) is 29.6. The molecule has 2 heterocycles. The fourth-order valence-electron chi connectivity index (χ4n) is 5.57. The summed E-state index contributed by atoms with van der Waals surface area (Å²) >= 11 is 0. The molecule has 0 aromatic heterocycles. The van der Waals surface area contributed by atoms with Crippen LogP contribution in [0, 0.1) is 0 Å². The zero-order chi connectivity index (χ0) is 30.1. The SMILES string of the molecule is CC(C)(C)OC(=O)N1CCC2(CCc3cc(-c4ccc(CS(=O)(=O)Cc5ccc(C(=O)O)cc5)cc4)ccc3O2)CC1. The monoisotopic (exact) mass is 591 g/mol. The Kier molecular flexibility index (Phi) is 8.07. The molecule has 0 aliphatic carbocycles. The summed E-state index contributed by atoms with van der Waals surface area (Å²) in [6.45, 7) is 6.85. The highest BCUT2D eigenvalue weighted by atomic mass is 32.2. The van der Waals surface area contributed by atoms with E-state index in [4.69, 9.17) is 14.6 Å². The van der Waals surface area contributed by atoms with Gasteiger partial charge in [0.05, 0.1) is 17.1 Å². The molecule has 3 aromatic rings. The standard InChI is InChI=1S/C33H37NO7S/c1-32(2,3)41-31(37)34-18-16-33(17-19-34)15-14-28-20-27(12-13-29(28)40-33)25-8-4-23(5-9-25)21-42(38,39)22-24-6-10-26(11-7-24)30(35)36/h4-13,20H,14-19,21-22H2,1-3H3,(H,35,36). The molecule has 0 saturated carbocycles. The summed E-state index contributed by atoms with van der Waals surface area (Å²) in [6, 6.07) is 19.6. The van der Waals surface area contributed by atoms with Crippen molar-refractivity contribution in [3.8, 4) is 16.9 Å². The minimum atomic E-state index is -3.43. The Bertz CT molecular complexity index is 1560. The normalized spacial score (nSPS) is 16.4. The van der Waals surface area contributed by atoms with Gasteiger partial charge in [0.15, 0.2) is 9.84 Å². The van der Waals surface area contributed by atoms with Crippen LogP contribution < -0.4 is 4.74 Å². The van der Waals surface area contributed by atoms with Crippen LogP contribution in [0.3, 0.4) is 0 Å². The third-order valence-corrected chi connectivity index (χ3v) is 9.37.